The van der Waals surface area contributed by atoms with Crippen molar-refractivity contribution >= 4 is 35.4 Å². The molecule has 1 aromatic rings. The number of urea groups is 1. The number of esters is 1. The van der Waals surface area contributed by atoms with Gasteiger partial charge in [0.2, 0.25) is 5.91 Å². The summed E-state index contributed by atoms with van der Waals surface area (Å²) in [6.07, 6.45) is 1.62. The Labute approximate surface area is 166 Å². The summed E-state index contributed by atoms with van der Waals surface area (Å²) >= 11 is 0. The van der Waals surface area contributed by atoms with Gasteiger partial charge in [0.25, 0.3) is 11.8 Å². The van der Waals surface area contributed by atoms with Crippen molar-refractivity contribution in [1.82, 2.24) is 10.2 Å². The number of amides is 5. The van der Waals surface area contributed by atoms with Gasteiger partial charge in [-0.3, -0.25) is 24.1 Å². The molecule has 1 aliphatic carbocycles. The fraction of sp³-hybridized carbons (Fsp3) is 0.421. The normalized spacial score (nSPS) is 18.4. The number of nitrogens with one attached hydrogen (secondary N) is 2. The maximum Gasteiger partial charge on any atom is 0.327 e. The number of nitrogens with zero attached hydrogens (tertiary/aromatic N) is 1. The molecule has 1 atom stereocenters. The van der Waals surface area contributed by atoms with E-state index in [1.54, 1.807) is 0 Å². The standard InChI is InChI=1S/C19H22N4O6/c1-11(16(26)21-13-6-4-12(5-7-13)15(20)25)29-14(24)10-23-17(27)19(22-18(23)28)8-2-3-9-19/h4-7,11H,2-3,8-10H2,1H3,(H2,20,25)(H,21,26)(H,22,28)/t11-/m1/s1. The predicted octanol–water partition coefficient (Wildman–Crippen LogP) is 0.520. The monoisotopic (exact) mass is 402 g/mol. The van der Waals surface area contributed by atoms with Crippen LogP contribution in [0.15, 0.2) is 24.3 Å². The average Bonchev–Trinajstić information content (AvgIpc) is 3.23. The van der Waals surface area contributed by atoms with E-state index in [4.69, 9.17) is 10.5 Å². The van der Waals surface area contributed by atoms with E-state index in [2.05, 4.69) is 10.6 Å². The molecule has 0 aromatic heterocycles. The van der Waals surface area contributed by atoms with Crippen LogP contribution < -0.4 is 16.4 Å². The van der Waals surface area contributed by atoms with Crippen molar-refractivity contribution in [1.29, 1.82) is 0 Å². The van der Waals surface area contributed by atoms with Crippen LogP contribution in [0.25, 0.3) is 0 Å². The van der Waals surface area contributed by atoms with Crippen molar-refractivity contribution in [3.8, 4) is 0 Å². The van der Waals surface area contributed by atoms with E-state index >= 15 is 0 Å². The summed E-state index contributed by atoms with van der Waals surface area (Å²) in [5.41, 5.74) is 4.92. The average molecular weight is 402 g/mol. The summed E-state index contributed by atoms with van der Waals surface area (Å²) in [5.74, 6) is -2.49. The molecule has 4 N–H and O–H groups in total. The van der Waals surface area contributed by atoms with Crippen molar-refractivity contribution in [3.63, 3.8) is 0 Å². The number of carbonyl (C=O) groups excluding carboxylic acids is 5. The molecule has 1 aromatic carbocycles. The van der Waals surface area contributed by atoms with Crippen LogP contribution in [0.3, 0.4) is 0 Å². The number of anilines is 1. The van der Waals surface area contributed by atoms with Crippen molar-refractivity contribution in [2.24, 2.45) is 5.73 Å². The molecule has 1 heterocycles. The molecule has 1 aliphatic heterocycles. The number of nitrogens with two attached hydrogens (primary N) is 1. The van der Waals surface area contributed by atoms with E-state index in [1.165, 1.54) is 31.2 Å². The lowest BCUT2D eigenvalue weighted by atomic mass is 9.98. The number of ether oxygens (including phenoxy) is 1. The molecule has 0 radical (unpaired) electrons. The Bertz CT molecular complexity index is 860. The Kier molecular flexibility index (Phi) is 5.53. The topological polar surface area (TPSA) is 148 Å². The van der Waals surface area contributed by atoms with E-state index in [9.17, 15) is 24.0 Å². The molecular formula is C19H22N4O6. The van der Waals surface area contributed by atoms with E-state index in [0.29, 0.717) is 18.5 Å². The minimum absolute atomic E-state index is 0.288. The van der Waals surface area contributed by atoms with E-state index in [-0.39, 0.29) is 5.56 Å². The molecule has 5 amide bonds. The number of hydrogen-bond acceptors (Lipinski definition) is 6. The number of hydrogen-bond donors (Lipinski definition) is 3. The van der Waals surface area contributed by atoms with Crippen LogP contribution in [0.1, 0.15) is 43.0 Å². The molecule has 1 spiro atoms. The van der Waals surface area contributed by atoms with Crippen molar-refractivity contribution in [3.05, 3.63) is 29.8 Å². The Morgan fingerprint density at radius 2 is 1.83 bits per heavy atom. The molecule has 2 aliphatic rings. The van der Waals surface area contributed by atoms with Crippen molar-refractivity contribution < 1.29 is 28.7 Å². The molecule has 2 fully saturated rings. The molecule has 154 valence electrons. The lowest BCUT2D eigenvalue weighted by Gasteiger charge is -2.20. The maximum atomic E-state index is 12.5. The van der Waals surface area contributed by atoms with Crippen LogP contribution in [0.5, 0.6) is 0 Å². The van der Waals surface area contributed by atoms with Gasteiger partial charge in [0.05, 0.1) is 0 Å². The van der Waals surface area contributed by atoms with Crippen molar-refractivity contribution in [2.75, 3.05) is 11.9 Å². The maximum absolute atomic E-state index is 12.5. The second-order valence-corrected chi connectivity index (χ2v) is 7.17. The zero-order chi connectivity index (χ0) is 21.2. The van der Waals surface area contributed by atoms with Gasteiger partial charge < -0.3 is 21.1 Å². The van der Waals surface area contributed by atoms with Gasteiger partial charge in [-0.05, 0) is 44.0 Å². The van der Waals surface area contributed by atoms with Gasteiger partial charge in [-0.1, -0.05) is 12.8 Å². The number of primary amides is 1. The third-order valence-corrected chi connectivity index (χ3v) is 5.10. The SMILES string of the molecule is C[C@@H](OC(=O)CN1C(=O)NC2(CCCC2)C1=O)C(=O)Nc1ccc(C(N)=O)cc1. The lowest BCUT2D eigenvalue weighted by Crippen LogP contribution is -2.44. The minimum Gasteiger partial charge on any atom is -0.451 e. The van der Waals surface area contributed by atoms with Gasteiger partial charge in [0.15, 0.2) is 6.10 Å². The second-order valence-electron chi connectivity index (χ2n) is 7.17. The Morgan fingerprint density at radius 3 is 2.41 bits per heavy atom. The first-order chi connectivity index (χ1) is 13.7. The molecule has 10 heteroatoms. The largest absolute Gasteiger partial charge is 0.451 e. The van der Waals surface area contributed by atoms with Crippen LogP contribution in [-0.2, 0) is 19.1 Å². The van der Waals surface area contributed by atoms with Crippen LogP contribution in [-0.4, -0.2) is 52.8 Å². The number of imide groups is 1. The number of benzene rings is 1. The van der Waals surface area contributed by atoms with Crippen LogP contribution in [0.4, 0.5) is 10.5 Å². The highest BCUT2D eigenvalue weighted by Gasteiger charge is 2.52. The molecule has 10 nitrogen and oxygen atoms in total. The predicted molar refractivity (Wildman–Crippen MR) is 101 cm³/mol. The van der Waals surface area contributed by atoms with Gasteiger partial charge in [0, 0.05) is 11.3 Å². The third kappa shape index (κ3) is 4.20. The van der Waals surface area contributed by atoms with Gasteiger partial charge in [-0.2, -0.15) is 0 Å². The summed E-state index contributed by atoms with van der Waals surface area (Å²) in [6, 6.07) is 5.25. The Morgan fingerprint density at radius 1 is 1.21 bits per heavy atom. The van der Waals surface area contributed by atoms with Gasteiger partial charge >= 0.3 is 12.0 Å². The molecule has 0 unspecified atom stereocenters. The number of carbonyl (C=O) groups is 5. The highest BCUT2D eigenvalue weighted by Crippen LogP contribution is 2.34. The van der Waals surface area contributed by atoms with E-state index < -0.39 is 47.9 Å². The summed E-state index contributed by atoms with van der Waals surface area (Å²) < 4.78 is 5.06. The minimum atomic E-state index is -1.15. The zero-order valence-electron chi connectivity index (χ0n) is 15.9. The number of rotatable bonds is 6. The quantitative estimate of drug-likeness (QED) is 0.467. The van der Waals surface area contributed by atoms with Crippen LogP contribution in [0.2, 0.25) is 0 Å². The van der Waals surface area contributed by atoms with Gasteiger partial charge in [-0.15, -0.1) is 0 Å². The fourth-order valence-electron chi connectivity index (χ4n) is 3.52. The first kappa shape index (κ1) is 20.3. The summed E-state index contributed by atoms with van der Waals surface area (Å²) in [7, 11) is 0. The molecule has 29 heavy (non-hydrogen) atoms. The summed E-state index contributed by atoms with van der Waals surface area (Å²) in [4.78, 5) is 60.9. The molecule has 1 saturated heterocycles. The second kappa shape index (κ2) is 7.90. The summed E-state index contributed by atoms with van der Waals surface area (Å²) in [5, 5.41) is 5.21. The smallest absolute Gasteiger partial charge is 0.327 e. The van der Waals surface area contributed by atoms with Gasteiger partial charge in [0.1, 0.15) is 12.1 Å². The van der Waals surface area contributed by atoms with Crippen LogP contribution in [0, 0.1) is 0 Å². The zero-order valence-corrected chi connectivity index (χ0v) is 15.9. The molecular weight excluding hydrogens is 380 g/mol. The van der Waals surface area contributed by atoms with E-state index in [0.717, 1.165) is 17.7 Å². The highest BCUT2D eigenvalue weighted by molar-refractivity contribution is 6.09. The molecule has 3 rings (SSSR count). The van der Waals surface area contributed by atoms with Crippen molar-refractivity contribution in [2.45, 2.75) is 44.2 Å². The molecule has 1 saturated carbocycles. The Balaban J connectivity index is 1.53. The highest BCUT2D eigenvalue weighted by atomic mass is 16.5. The molecule has 0 bridgehead atoms. The Hall–Kier alpha value is -3.43. The first-order valence-corrected chi connectivity index (χ1v) is 9.26. The summed E-state index contributed by atoms with van der Waals surface area (Å²) in [6.45, 7) is 0.812. The lowest BCUT2D eigenvalue weighted by molar-refractivity contribution is -0.155. The van der Waals surface area contributed by atoms with Gasteiger partial charge in [-0.25, -0.2) is 4.79 Å². The fourth-order valence-corrected chi connectivity index (χ4v) is 3.52. The van der Waals surface area contributed by atoms with Crippen LogP contribution >= 0.6 is 0 Å². The first-order valence-electron chi connectivity index (χ1n) is 9.26. The third-order valence-electron chi connectivity index (χ3n) is 5.10. The van der Waals surface area contributed by atoms with E-state index in [1.807, 2.05) is 0 Å².